The van der Waals surface area contributed by atoms with Crippen molar-refractivity contribution < 1.29 is 30.8 Å². The van der Waals surface area contributed by atoms with E-state index in [2.05, 4.69) is 0 Å². The number of sulfonamides is 1. The second-order valence-corrected chi connectivity index (χ2v) is 8.51. The molecule has 10 heteroatoms. The smallest absolute Gasteiger partial charge is 0.340 e. The maximum Gasteiger partial charge on any atom is 0.416 e. The molecule has 1 heterocycles. The van der Waals surface area contributed by atoms with Crippen molar-refractivity contribution in [3.05, 3.63) is 65.5 Å². The summed E-state index contributed by atoms with van der Waals surface area (Å²) in [5.74, 6) is -0.800. The predicted octanol–water partition coefficient (Wildman–Crippen LogP) is 2.92. The molecule has 1 aliphatic heterocycles. The van der Waals surface area contributed by atoms with E-state index in [1.165, 1.54) is 23.1 Å². The van der Waals surface area contributed by atoms with Gasteiger partial charge in [0.2, 0.25) is 15.9 Å². The third-order valence-electron chi connectivity index (χ3n) is 4.71. The number of hydrogen-bond donors (Lipinski definition) is 0. The van der Waals surface area contributed by atoms with Crippen LogP contribution in [0.1, 0.15) is 11.1 Å². The molecular formula is C19H18F4N2O3S. The molecule has 1 saturated heterocycles. The fourth-order valence-electron chi connectivity index (χ4n) is 3.06. The molecule has 0 aromatic heterocycles. The molecule has 0 bridgehead atoms. The first kappa shape index (κ1) is 21.3. The molecule has 1 amide bonds. The molecule has 0 N–H and O–H groups in total. The second kappa shape index (κ2) is 8.11. The van der Waals surface area contributed by atoms with E-state index in [1.54, 1.807) is 6.07 Å². The molecule has 2 aromatic rings. The van der Waals surface area contributed by atoms with E-state index in [0.29, 0.717) is 0 Å². The maximum absolute atomic E-state index is 13.7. The van der Waals surface area contributed by atoms with E-state index in [9.17, 15) is 30.8 Å². The monoisotopic (exact) mass is 430 g/mol. The Hall–Kier alpha value is -2.46. The van der Waals surface area contributed by atoms with Crippen molar-refractivity contribution >= 4 is 15.9 Å². The average Bonchev–Trinajstić information content (AvgIpc) is 2.69. The van der Waals surface area contributed by atoms with Gasteiger partial charge in [0.05, 0.1) is 16.9 Å². The summed E-state index contributed by atoms with van der Waals surface area (Å²) in [7, 11) is -3.97. The molecule has 0 saturated carbocycles. The van der Waals surface area contributed by atoms with Gasteiger partial charge in [-0.15, -0.1) is 0 Å². The Labute approximate surface area is 165 Å². The molecule has 1 aliphatic rings. The first-order valence-corrected chi connectivity index (χ1v) is 10.2. The van der Waals surface area contributed by atoms with Gasteiger partial charge in [0, 0.05) is 26.2 Å². The number of hydrogen-bond acceptors (Lipinski definition) is 3. The standard InChI is InChI=1S/C19H18F4N2O3S/c20-17-4-2-1-3-14(17)13-18(26)24-9-11-25(12-10-24)29(27,28)16-7-5-15(6-8-16)19(21,22)23/h1-8H,9-13H2. The van der Waals surface area contributed by atoms with Crippen LogP contribution in [0.25, 0.3) is 0 Å². The Kier molecular flexibility index (Phi) is 5.95. The lowest BCUT2D eigenvalue weighted by Crippen LogP contribution is -2.50. The van der Waals surface area contributed by atoms with E-state index >= 15 is 0 Å². The van der Waals surface area contributed by atoms with Crippen LogP contribution in [0.5, 0.6) is 0 Å². The average molecular weight is 430 g/mol. The van der Waals surface area contributed by atoms with Crippen LogP contribution < -0.4 is 0 Å². The van der Waals surface area contributed by atoms with Gasteiger partial charge in [-0.3, -0.25) is 4.79 Å². The molecule has 29 heavy (non-hydrogen) atoms. The fraction of sp³-hybridized carbons (Fsp3) is 0.316. The van der Waals surface area contributed by atoms with Gasteiger partial charge in [0.25, 0.3) is 0 Å². The van der Waals surface area contributed by atoms with E-state index in [-0.39, 0.29) is 49.0 Å². The van der Waals surface area contributed by atoms with Crippen LogP contribution in [0.4, 0.5) is 17.6 Å². The molecule has 1 fully saturated rings. The highest BCUT2D eigenvalue weighted by Gasteiger charge is 2.33. The van der Waals surface area contributed by atoms with Crippen molar-refractivity contribution in [2.45, 2.75) is 17.5 Å². The second-order valence-electron chi connectivity index (χ2n) is 6.58. The molecule has 0 atom stereocenters. The molecule has 0 aliphatic carbocycles. The zero-order valence-electron chi connectivity index (χ0n) is 15.2. The van der Waals surface area contributed by atoms with Crippen molar-refractivity contribution in [2.75, 3.05) is 26.2 Å². The third kappa shape index (κ3) is 4.76. The minimum atomic E-state index is -4.55. The van der Waals surface area contributed by atoms with Crippen molar-refractivity contribution in [3.8, 4) is 0 Å². The van der Waals surface area contributed by atoms with Gasteiger partial charge < -0.3 is 4.90 Å². The van der Waals surface area contributed by atoms with Gasteiger partial charge in [-0.25, -0.2) is 12.8 Å². The van der Waals surface area contributed by atoms with Crippen LogP contribution >= 0.6 is 0 Å². The largest absolute Gasteiger partial charge is 0.416 e. The minimum Gasteiger partial charge on any atom is -0.340 e. The lowest BCUT2D eigenvalue weighted by molar-refractivity contribution is -0.137. The van der Waals surface area contributed by atoms with Gasteiger partial charge in [-0.05, 0) is 35.9 Å². The van der Waals surface area contributed by atoms with Crippen LogP contribution in [0.3, 0.4) is 0 Å². The fourth-order valence-corrected chi connectivity index (χ4v) is 4.48. The molecule has 5 nitrogen and oxygen atoms in total. The topological polar surface area (TPSA) is 57.7 Å². The number of benzene rings is 2. The lowest BCUT2D eigenvalue weighted by atomic mass is 10.1. The number of rotatable bonds is 4. The molecule has 2 aromatic carbocycles. The molecule has 0 spiro atoms. The molecular weight excluding hydrogens is 412 g/mol. The highest BCUT2D eigenvalue weighted by molar-refractivity contribution is 7.89. The number of piperazine rings is 1. The summed E-state index contributed by atoms with van der Waals surface area (Å²) in [6.07, 6.45) is -4.68. The normalized spacial score (nSPS) is 16.1. The summed E-state index contributed by atoms with van der Waals surface area (Å²) in [6.45, 7) is 0.249. The van der Waals surface area contributed by atoms with E-state index in [0.717, 1.165) is 28.6 Å². The SMILES string of the molecule is O=C(Cc1ccccc1F)N1CCN(S(=O)(=O)c2ccc(C(F)(F)F)cc2)CC1. The maximum atomic E-state index is 13.7. The zero-order valence-corrected chi connectivity index (χ0v) is 16.0. The number of amides is 1. The molecule has 156 valence electrons. The van der Waals surface area contributed by atoms with Gasteiger partial charge in [0.1, 0.15) is 5.82 Å². The van der Waals surface area contributed by atoms with E-state index < -0.39 is 27.6 Å². The minimum absolute atomic E-state index is 0.00632. The van der Waals surface area contributed by atoms with E-state index in [4.69, 9.17) is 0 Å². The van der Waals surface area contributed by atoms with E-state index in [1.807, 2.05) is 0 Å². The van der Waals surface area contributed by atoms with Crippen molar-refractivity contribution in [2.24, 2.45) is 0 Å². The summed E-state index contributed by atoms with van der Waals surface area (Å²) < 4.78 is 78.1. The molecule has 0 unspecified atom stereocenters. The Bertz CT molecular complexity index is 983. The summed E-state index contributed by atoms with van der Waals surface area (Å²) in [5.41, 5.74) is -0.669. The molecule has 0 radical (unpaired) electrons. The summed E-state index contributed by atoms with van der Waals surface area (Å²) in [6, 6.07) is 9.22. The zero-order chi connectivity index (χ0) is 21.2. The number of alkyl halides is 3. The van der Waals surface area contributed by atoms with Gasteiger partial charge >= 0.3 is 6.18 Å². The summed E-state index contributed by atoms with van der Waals surface area (Å²) in [4.78, 5) is 13.6. The van der Waals surface area contributed by atoms with Gasteiger partial charge in [-0.1, -0.05) is 18.2 Å². The first-order chi connectivity index (χ1) is 13.6. The Morgan fingerprint density at radius 2 is 1.52 bits per heavy atom. The Morgan fingerprint density at radius 3 is 2.07 bits per heavy atom. The third-order valence-corrected chi connectivity index (χ3v) is 6.62. The predicted molar refractivity (Wildman–Crippen MR) is 96.9 cm³/mol. The van der Waals surface area contributed by atoms with Crippen molar-refractivity contribution in [1.29, 1.82) is 0 Å². The summed E-state index contributed by atoms with van der Waals surface area (Å²) >= 11 is 0. The lowest BCUT2D eigenvalue weighted by Gasteiger charge is -2.34. The Balaban J connectivity index is 1.63. The van der Waals surface area contributed by atoms with Crippen molar-refractivity contribution in [3.63, 3.8) is 0 Å². The van der Waals surface area contributed by atoms with Crippen LogP contribution in [-0.4, -0.2) is 49.7 Å². The quantitative estimate of drug-likeness (QED) is 0.701. The number of carbonyl (C=O) groups is 1. The number of nitrogens with zero attached hydrogens (tertiary/aromatic N) is 2. The highest BCUT2D eigenvalue weighted by Crippen LogP contribution is 2.30. The summed E-state index contributed by atoms with van der Waals surface area (Å²) in [5, 5.41) is 0. The first-order valence-electron chi connectivity index (χ1n) is 8.77. The van der Waals surface area contributed by atoms with Gasteiger partial charge in [0.15, 0.2) is 0 Å². The van der Waals surface area contributed by atoms with Gasteiger partial charge in [-0.2, -0.15) is 17.5 Å². The molecule has 3 rings (SSSR count). The Morgan fingerprint density at radius 1 is 0.931 bits per heavy atom. The number of halogens is 4. The van der Waals surface area contributed by atoms with Crippen LogP contribution in [0, 0.1) is 5.82 Å². The number of carbonyl (C=O) groups excluding carboxylic acids is 1. The van der Waals surface area contributed by atoms with Crippen LogP contribution in [0.15, 0.2) is 53.4 Å². The van der Waals surface area contributed by atoms with Crippen molar-refractivity contribution in [1.82, 2.24) is 9.21 Å². The van der Waals surface area contributed by atoms with Crippen LogP contribution in [-0.2, 0) is 27.4 Å². The highest BCUT2D eigenvalue weighted by atomic mass is 32.2. The van der Waals surface area contributed by atoms with Crippen LogP contribution in [0.2, 0.25) is 0 Å².